The fraction of sp³-hybridized carbons (Fsp3) is 0.562. The number of alkyl carbamates (subject to hydrolysis) is 1. The summed E-state index contributed by atoms with van der Waals surface area (Å²) in [6, 6.07) is 14.0. The lowest BCUT2D eigenvalue weighted by Crippen LogP contribution is -2.51. The minimum atomic E-state index is -4.37. The van der Waals surface area contributed by atoms with Gasteiger partial charge in [-0.2, -0.15) is 0 Å². The lowest BCUT2D eigenvalue weighted by molar-refractivity contribution is -0.136. The number of nitrogens with zero attached hydrogens (tertiary/aromatic N) is 2. The number of carbonyl (C=O) groups is 2. The maximum atomic E-state index is 13.9. The first-order valence-electron chi connectivity index (χ1n) is 15.3. The van der Waals surface area contributed by atoms with Crippen LogP contribution in [0.2, 0.25) is 0 Å². The molecule has 0 spiro atoms. The minimum Gasteiger partial charge on any atom is -0.443 e. The average Bonchev–Trinajstić information content (AvgIpc) is 3.61. The number of sulfonamides is 1. The van der Waals surface area contributed by atoms with Crippen LogP contribution in [0.4, 0.5) is 15.3 Å². The zero-order valence-corrected chi connectivity index (χ0v) is 27.9. The molecule has 2 aromatic carbocycles. The molecule has 0 aromatic heterocycles. The third-order valence-corrected chi connectivity index (χ3v) is 9.03. The van der Waals surface area contributed by atoms with Crippen LogP contribution >= 0.6 is 0 Å². The van der Waals surface area contributed by atoms with Gasteiger partial charge in [-0.1, -0.05) is 40.9 Å². The van der Waals surface area contributed by atoms with Gasteiger partial charge in [0.25, 0.3) is 10.0 Å². The number of benzene rings is 2. The second-order valence-electron chi connectivity index (χ2n) is 12.7. The van der Waals surface area contributed by atoms with Crippen LogP contribution in [-0.4, -0.2) is 93.2 Å². The second-order valence-corrected chi connectivity index (χ2v) is 14.5. The molecular formula is C32H45N3O10S. The number of hydrogen-bond acceptors (Lipinski definition) is 10. The highest BCUT2D eigenvalue weighted by Crippen LogP contribution is 2.33. The molecule has 2 amide bonds. The number of fused-ring (bicyclic) bond motifs is 1. The molecule has 2 heterocycles. The predicted molar refractivity (Wildman–Crippen MR) is 168 cm³/mol. The van der Waals surface area contributed by atoms with Gasteiger partial charge in [0, 0.05) is 12.7 Å². The minimum absolute atomic E-state index is 0.0755. The highest BCUT2D eigenvalue weighted by atomic mass is 32.2. The molecule has 2 fully saturated rings. The van der Waals surface area contributed by atoms with E-state index in [2.05, 4.69) is 5.32 Å². The molecule has 0 saturated carbocycles. The van der Waals surface area contributed by atoms with Crippen LogP contribution in [0, 0.1) is 5.92 Å². The standard InChI is InChI=1S/C32H45N3O10S/c1-21(2)45-35(46(39,40)24-14-10-13-23(18-24)34(6)31(38)44-32(3,4)5)19-27(36)26(17-22-11-8-7-9-12-22)33-30(37)43-28-20-42-29-25(28)15-16-41-29/h7-14,18,21,25-29,36H,15-17,19-20H2,1-6H3,(H,33,37)/t25-,26-,27+,28-,29+/m0/s1. The molecule has 0 radical (unpaired) electrons. The summed E-state index contributed by atoms with van der Waals surface area (Å²) < 4.78 is 50.7. The molecule has 0 unspecified atom stereocenters. The SMILES string of the molecule is CC(C)ON(C[C@@H](O)[C@H](Cc1ccccc1)NC(=O)O[C@H]1CO[C@H]2OCC[C@H]21)S(=O)(=O)c1cccc(N(C)C(=O)OC(C)(C)C)c1. The Hall–Kier alpha value is -3.27. The maximum absolute atomic E-state index is 13.9. The molecule has 4 rings (SSSR count). The van der Waals surface area contributed by atoms with Crippen molar-refractivity contribution in [2.24, 2.45) is 5.92 Å². The quantitative estimate of drug-likeness (QED) is 0.320. The molecule has 13 nitrogen and oxygen atoms in total. The summed E-state index contributed by atoms with van der Waals surface area (Å²) in [6.45, 7) is 8.70. The molecule has 0 aliphatic carbocycles. The molecule has 2 aliphatic rings. The monoisotopic (exact) mass is 663 g/mol. The largest absolute Gasteiger partial charge is 0.443 e. The van der Waals surface area contributed by atoms with Crippen molar-refractivity contribution >= 4 is 27.9 Å². The number of hydroxylamine groups is 1. The van der Waals surface area contributed by atoms with Gasteiger partial charge in [0.15, 0.2) is 6.29 Å². The van der Waals surface area contributed by atoms with Crippen LogP contribution in [0.15, 0.2) is 59.5 Å². The van der Waals surface area contributed by atoms with E-state index < -0.39 is 65.0 Å². The Bertz CT molecular complexity index is 1430. The molecule has 254 valence electrons. The highest BCUT2D eigenvalue weighted by Gasteiger charge is 2.44. The topological polar surface area (TPSA) is 153 Å². The first-order valence-corrected chi connectivity index (χ1v) is 16.8. The van der Waals surface area contributed by atoms with Gasteiger partial charge in [-0.3, -0.25) is 9.74 Å². The smallest absolute Gasteiger partial charge is 0.414 e. The molecule has 14 heteroatoms. The number of anilines is 1. The van der Waals surface area contributed by atoms with E-state index in [1.54, 1.807) is 40.7 Å². The van der Waals surface area contributed by atoms with Gasteiger partial charge >= 0.3 is 12.2 Å². The van der Waals surface area contributed by atoms with Crippen LogP contribution in [0.1, 0.15) is 46.6 Å². The molecule has 2 aliphatic heterocycles. The predicted octanol–water partition coefficient (Wildman–Crippen LogP) is 3.85. The van der Waals surface area contributed by atoms with Crippen molar-refractivity contribution in [3.63, 3.8) is 0 Å². The van der Waals surface area contributed by atoms with Gasteiger partial charge in [-0.05, 0) is 71.2 Å². The zero-order chi connectivity index (χ0) is 33.6. The number of ether oxygens (including phenoxy) is 4. The molecule has 46 heavy (non-hydrogen) atoms. The zero-order valence-electron chi connectivity index (χ0n) is 27.1. The van der Waals surface area contributed by atoms with Gasteiger partial charge in [-0.25, -0.2) is 18.0 Å². The Balaban J connectivity index is 1.54. The molecule has 5 atom stereocenters. The summed E-state index contributed by atoms with van der Waals surface area (Å²) in [5, 5.41) is 14.2. The van der Waals surface area contributed by atoms with Crippen molar-refractivity contribution in [1.82, 2.24) is 9.79 Å². The molecule has 2 aromatic rings. The fourth-order valence-corrected chi connectivity index (χ4v) is 6.53. The van der Waals surface area contributed by atoms with Crippen LogP contribution < -0.4 is 10.2 Å². The number of aliphatic hydroxyl groups is 1. The van der Waals surface area contributed by atoms with Crippen molar-refractivity contribution in [2.45, 2.75) is 88.6 Å². The fourth-order valence-electron chi connectivity index (χ4n) is 5.14. The van der Waals surface area contributed by atoms with Crippen molar-refractivity contribution in [1.29, 1.82) is 0 Å². The van der Waals surface area contributed by atoms with E-state index >= 15 is 0 Å². The van der Waals surface area contributed by atoms with Gasteiger partial charge in [0.2, 0.25) is 0 Å². The Labute approximate surface area is 270 Å². The van der Waals surface area contributed by atoms with E-state index in [0.29, 0.717) is 17.5 Å². The van der Waals surface area contributed by atoms with Crippen LogP contribution in [0.3, 0.4) is 0 Å². The number of hydrogen-bond donors (Lipinski definition) is 2. The van der Waals surface area contributed by atoms with Gasteiger partial charge in [-0.15, -0.1) is 0 Å². The first kappa shape index (κ1) is 35.6. The Morgan fingerprint density at radius 3 is 2.48 bits per heavy atom. The van der Waals surface area contributed by atoms with Gasteiger partial charge in [0.1, 0.15) is 11.7 Å². The van der Waals surface area contributed by atoms with Crippen LogP contribution in [-0.2, 0) is 40.2 Å². The Morgan fingerprint density at radius 1 is 1.09 bits per heavy atom. The summed E-state index contributed by atoms with van der Waals surface area (Å²) >= 11 is 0. The summed E-state index contributed by atoms with van der Waals surface area (Å²) in [6.07, 6.45) is -3.45. The van der Waals surface area contributed by atoms with E-state index in [1.165, 1.54) is 30.1 Å². The number of amides is 2. The summed E-state index contributed by atoms with van der Waals surface area (Å²) in [7, 11) is -2.90. The second kappa shape index (κ2) is 15.1. The van der Waals surface area contributed by atoms with Gasteiger partial charge in [0.05, 0.1) is 48.8 Å². The highest BCUT2D eigenvalue weighted by molar-refractivity contribution is 7.89. The molecule has 0 bridgehead atoms. The van der Waals surface area contributed by atoms with Crippen LogP contribution in [0.25, 0.3) is 0 Å². The summed E-state index contributed by atoms with van der Waals surface area (Å²) in [4.78, 5) is 32.5. The van der Waals surface area contributed by atoms with Crippen molar-refractivity contribution < 1.29 is 46.9 Å². The van der Waals surface area contributed by atoms with Crippen molar-refractivity contribution in [3.05, 3.63) is 60.2 Å². The maximum Gasteiger partial charge on any atom is 0.414 e. The van der Waals surface area contributed by atoms with E-state index in [-0.39, 0.29) is 29.5 Å². The van der Waals surface area contributed by atoms with E-state index in [9.17, 15) is 23.1 Å². The van der Waals surface area contributed by atoms with Crippen LogP contribution in [0.5, 0.6) is 0 Å². The third kappa shape index (κ3) is 9.39. The summed E-state index contributed by atoms with van der Waals surface area (Å²) in [5.41, 5.74) is 0.331. The molecule has 2 N–H and O–H groups in total. The Morgan fingerprint density at radius 2 is 1.80 bits per heavy atom. The Kier molecular flexibility index (Phi) is 11.7. The number of carbonyl (C=O) groups excluding carboxylic acids is 2. The lowest BCUT2D eigenvalue weighted by Gasteiger charge is -2.30. The molecule has 2 saturated heterocycles. The number of nitrogens with one attached hydrogen (secondary N) is 1. The van der Waals surface area contributed by atoms with Gasteiger partial charge < -0.3 is 29.4 Å². The average molecular weight is 664 g/mol. The number of aliphatic hydroxyl groups excluding tert-OH is 1. The molecular weight excluding hydrogens is 618 g/mol. The van der Waals surface area contributed by atoms with E-state index in [0.717, 1.165) is 5.56 Å². The normalized spacial score (nSPS) is 21.1. The third-order valence-electron chi connectivity index (χ3n) is 7.41. The van der Waals surface area contributed by atoms with Crippen molar-refractivity contribution in [3.8, 4) is 0 Å². The number of rotatable bonds is 12. The first-order chi connectivity index (χ1) is 21.6. The lowest BCUT2D eigenvalue weighted by atomic mass is 10.0. The van der Waals surface area contributed by atoms with E-state index in [4.69, 9.17) is 23.8 Å². The summed E-state index contributed by atoms with van der Waals surface area (Å²) in [5.74, 6) is -0.0755. The van der Waals surface area contributed by atoms with E-state index in [1.807, 2.05) is 30.3 Å². The van der Waals surface area contributed by atoms with Crippen molar-refractivity contribution in [2.75, 3.05) is 31.7 Å².